The number of benzene rings is 2. The van der Waals surface area contributed by atoms with Crippen molar-refractivity contribution in [1.29, 1.82) is 0 Å². The van der Waals surface area contributed by atoms with E-state index in [1.807, 2.05) is 30.5 Å². The number of carbonyl (C=O) groups excluding carboxylic acids is 1. The third kappa shape index (κ3) is 5.17. The van der Waals surface area contributed by atoms with Gasteiger partial charge in [-0.05, 0) is 77.9 Å². The van der Waals surface area contributed by atoms with Crippen molar-refractivity contribution in [3.63, 3.8) is 0 Å². The van der Waals surface area contributed by atoms with Crippen LogP contribution in [0.1, 0.15) is 40.4 Å². The molecule has 0 fully saturated rings. The number of aryl methyl sites for hydroxylation is 1. The summed E-state index contributed by atoms with van der Waals surface area (Å²) >= 11 is 6.14. The lowest BCUT2D eigenvalue weighted by Crippen LogP contribution is -2.29. The summed E-state index contributed by atoms with van der Waals surface area (Å²) in [6.45, 7) is 1.55. The first-order chi connectivity index (χ1) is 17.0. The summed E-state index contributed by atoms with van der Waals surface area (Å²) in [5, 5.41) is 10.4. The van der Waals surface area contributed by atoms with E-state index in [1.165, 1.54) is 29.3 Å². The van der Waals surface area contributed by atoms with E-state index in [0.717, 1.165) is 60.1 Å². The number of rotatable bonds is 8. The van der Waals surface area contributed by atoms with Crippen LogP contribution in [0.2, 0.25) is 5.15 Å². The molecule has 0 radical (unpaired) electrons. The van der Waals surface area contributed by atoms with Crippen LogP contribution in [-0.2, 0) is 24.2 Å². The molecule has 2 aromatic carbocycles. The first kappa shape index (κ1) is 23.4. The second-order valence-corrected chi connectivity index (χ2v) is 9.29. The molecule has 4 aromatic rings. The number of halogens is 2. The number of carbonyl (C=O) groups is 1. The third-order valence-corrected chi connectivity index (χ3v) is 6.89. The molecule has 2 aromatic heterocycles. The van der Waals surface area contributed by atoms with Gasteiger partial charge in [-0.1, -0.05) is 29.8 Å². The van der Waals surface area contributed by atoms with Crippen LogP contribution in [0.5, 0.6) is 0 Å². The molecule has 35 heavy (non-hydrogen) atoms. The van der Waals surface area contributed by atoms with Crippen LogP contribution in [0.25, 0.3) is 17.0 Å². The van der Waals surface area contributed by atoms with Crippen molar-refractivity contribution >= 4 is 34.5 Å². The van der Waals surface area contributed by atoms with Gasteiger partial charge in [-0.3, -0.25) is 14.9 Å². The standard InChI is InChI=1S/C27H26ClFN4O2/c28-26-9-5-21(31-26)16-33(12-11-19-15-30-24-14-20(29)4-7-22(19)24)25-8-3-18-13-17(1-6-23(18)25)2-10-27(34)32-35/h1-2,4-7,9-10,13-15,25,30-31,35H,3,8,11-12,16H2,(H,32,34)/b10-2+. The Balaban J connectivity index is 1.38. The van der Waals surface area contributed by atoms with E-state index in [-0.39, 0.29) is 11.9 Å². The van der Waals surface area contributed by atoms with Crippen molar-refractivity contribution in [2.45, 2.75) is 31.8 Å². The van der Waals surface area contributed by atoms with Crippen molar-refractivity contribution in [2.75, 3.05) is 6.54 Å². The van der Waals surface area contributed by atoms with E-state index in [0.29, 0.717) is 5.15 Å². The normalized spacial score (nSPS) is 15.4. The molecular weight excluding hydrogens is 467 g/mol. The molecule has 2 heterocycles. The lowest BCUT2D eigenvalue weighted by atomic mass is 10.0. The summed E-state index contributed by atoms with van der Waals surface area (Å²) in [5.74, 6) is -0.802. The van der Waals surface area contributed by atoms with E-state index in [4.69, 9.17) is 16.8 Å². The Labute approximate surface area is 207 Å². The van der Waals surface area contributed by atoms with Gasteiger partial charge >= 0.3 is 0 Å². The molecule has 5 rings (SSSR count). The molecule has 4 N–H and O–H groups in total. The average molecular weight is 493 g/mol. The Morgan fingerprint density at radius 2 is 2.11 bits per heavy atom. The van der Waals surface area contributed by atoms with Crippen molar-refractivity contribution in [3.8, 4) is 0 Å². The summed E-state index contributed by atoms with van der Waals surface area (Å²) in [6, 6.07) is 15.2. The van der Waals surface area contributed by atoms with Crippen LogP contribution in [0, 0.1) is 5.82 Å². The van der Waals surface area contributed by atoms with Gasteiger partial charge in [0.15, 0.2) is 0 Å². The number of aromatic amines is 2. The van der Waals surface area contributed by atoms with Gasteiger partial charge in [-0.25, -0.2) is 9.87 Å². The predicted octanol–water partition coefficient (Wildman–Crippen LogP) is 5.54. The van der Waals surface area contributed by atoms with Gasteiger partial charge in [-0.15, -0.1) is 0 Å². The van der Waals surface area contributed by atoms with Crippen LogP contribution in [-0.4, -0.2) is 32.5 Å². The molecule has 1 aliphatic rings. The van der Waals surface area contributed by atoms with Gasteiger partial charge in [-0.2, -0.15) is 0 Å². The number of nitrogens with one attached hydrogen (secondary N) is 3. The minimum atomic E-state index is -0.556. The van der Waals surface area contributed by atoms with Crippen LogP contribution < -0.4 is 5.48 Å². The van der Waals surface area contributed by atoms with Crippen LogP contribution in [0.3, 0.4) is 0 Å². The zero-order valence-corrected chi connectivity index (χ0v) is 19.8. The summed E-state index contributed by atoms with van der Waals surface area (Å²) in [7, 11) is 0. The highest BCUT2D eigenvalue weighted by Crippen LogP contribution is 2.37. The molecule has 0 saturated carbocycles. The van der Waals surface area contributed by atoms with Crippen molar-refractivity contribution in [2.24, 2.45) is 0 Å². The van der Waals surface area contributed by atoms with Gasteiger partial charge in [0.05, 0.1) is 0 Å². The van der Waals surface area contributed by atoms with Crippen LogP contribution in [0.4, 0.5) is 4.39 Å². The number of H-pyrrole nitrogens is 2. The Bertz CT molecular complexity index is 1390. The monoisotopic (exact) mass is 492 g/mol. The summed E-state index contributed by atoms with van der Waals surface area (Å²) in [5.41, 5.74) is 8.10. The molecule has 0 bridgehead atoms. The minimum absolute atomic E-state index is 0.244. The lowest BCUT2D eigenvalue weighted by molar-refractivity contribution is -0.124. The number of amides is 1. The number of hydrogen-bond acceptors (Lipinski definition) is 3. The molecule has 0 aliphatic heterocycles. The van der Waals surface area contributed by atoms with Gasteiger partial charge in [0, 0.05) is 48.0 Å². The Hall–Kier alpha value is -3.39. The van der Waals surface area contributed by atoms with Gasteiger partial charge in [0.25, 0.3) is 5.91 Å². The molecule has 1 atom stereocenters. The summed E-state index contributed by atoms with van der Waals surface area (Å²) < 4.78 is 13.6. The molecule has 8 heteroatoms. The molecule has 1 amide bonds. The molecule has 0 spiro atoms. The molecule has 180 valence electrons. The average Bonchev–Trinajstić information content (AvgIpc) is 3.58. The SMILES string of the molecule is O=C(/C=C/c1ccc2c(c1)CCC2N(CCc1c[nH]c2cc(F)ccc12)Cc1ccc(Cl)[nH]1)NO. The highest BCUT2D eigenvalue weighted by Gasteiger charge is 2.28. The van der Waals surface area contributed by atoms with Gasteiger partial charge in [0.1, 0.15) is 11.0 Å². The Kier molecular flexibility index (Phi) is 6.72. The smallest absolute Gasteiger partial charge is 0.267 e. The maximum absolute atomic E-state index is 13.6. The highest BCUT2D eigenvalue weighted by molar-refractivity contribution is 6.29. The van der Waals surface area contributed by atoms with E-state index < -0.39 is 5.91 Å². The minimum Gasteiger partial charge on any atom is -0.361 e. The highest BCUT2D eigenvalue weighted by atomic mass is 35.5. The quantitative estimate of drug-likeness (QED) is 0.148. The number of hydroxylamine groups is 1. The fourth-order valence-electron chi connectivity index (χ4n) is 5.00. The molecular formula is C27H26ClFN4O2. The fraction of sp³-hybridized carbons (Fsp3) is 0.222. The predicted molar refractivity (Wildman–Crippen MR) is 135 cm³/mol. The zero-order valence-electron chi connectivity index (χ0n) is 19.0. The molecule has 1 aliphatic carbocycles. The van der Waals surface area contributed by atoms with E-state index in [2.05, 4.69) is 27.0 Å². The van der Waals surface area contributed by atoms with Gasteiger partial charge < -0.3 is 9.97 Å². The van der Waals surface area contributed by atoms with Crippen molar-refractivity contribution in [1.82, 2.24) is 20.3 Å². The topological polar surface area (TPSA) is 84.2 Å². The van der Waals surface area contributed by atoms with Crippen LogP contribution >= 0.6 is 11.6 Å². The lowest BCUT2D eigenvalue weighted by Gasteiger charge is -2.29. The first-order valence-electron chi connectivity index (χ1n) is 11.6. The second-order valence-electron chi connectivity index (χ2n) is 8.88. The summed E-state index contributed by atoms with van der Waals surface area (Å²) in [4.78, 5) is 20.2. The third-order valence-electron chi connectivity index (χ3n) is 6.67. The van der Waals surface area contributed by atoms with Gasteiger partial charge in [0.2, 0.25) is 0 Å². The van der Waals surface area contributed by atoms with Crippen LogP contribution in [0.15, 0.2) is 60.8 Å². The Morgan fingerprint density at radius 1 is 1.23 bits per heavy atom. The van der Waals surface area contributed by atoms with Crippen molar-refractivity contribution < 1.29 is 14.4 Å². The number of aromatic nitrogens is 2. The fourth-order valence-corrected chi connectivity index (χ4v) is 5.19. The summed E-state index contributed by atoms with van der Waals surface area (Å²) in [6.07, 6.45) is 7.73. The molecule has 1 unspecified atom stereocenters. The van der Waals surface area contributed by atoms with E-state index in [9.17, 15) is 9.18 Å². The first-order valence-corrected chi connectivity index (χ1v) is 12.0. The van der Waals surface area contributed by atoms with E-state index >= 15 is 0 Å². The van der Waals surface area contributed by atoms with Crippen molar-refractivity contribution in [3.05, 3.63) is 99.7 Å². The number of hydrogen-bond donors (Lipinski definition) is 4. The Morgan fingerprint density at radius 3 is 2.91 bits per heavy atom. The molecule has 0 saturated heterocycles. The second kappa shape index (κ2) is 10.1. The maximum Gasteiger partial charge on any atom is 0.267 e. The van der Waals surface area contributed by atoms with E-state index in [1.54, 1.807) is 11.6 Å². The maximum atomic E-state index is 13.6. The number of fused-ring (bicyclic) bond motifs is 2. The molecule has 6 nitrogen and oxygen atoms in total. The zero-order chi connectivity index (χ0) is 24.4. The number of nitrogens with zero attached hydrogens (tertiary/aromatic N) is 1. The largest absolute Gasteiger partial charge is 0.361 e.